The first kappa shape index (κ1) is 17.6. The van der Waals surface area contributed by atoms with Crippen molar-refractivity contribution in [3.8, 4) is 0 Å². The van der Waals surface area contributed by atoms with Crippen LogP contribution >= 0.6 is 0 Å². The zero-order chi connectivity index (χ0) is 18.8. The molecule has 1 aliphatic rings. The Morgan fingerprint density at radius 2 is 1.77 bits per heavy atom. The van der Waals surface area contributed by atoms with Crippen molar-refractivity contribution in [2.24, 2.45) is 0 Å². The Hall–Kier alpha value is -3.21. The molecule has 0 aromatic heterocycles. The summed E-state index contributed by atoms with van der Waals surface area (Å²) in [5, 5.41) is 3.12. The molecular weight excluding hydrogens is 331 g/mol. The van der Waals surface area contributed by atoms with Gasteiger partial charge in [0.05, 0.1) is 5.57 Å². The smallest absolute Gasteiger partial charge is 0.278 e. The lowest BCUT2D eigenvalue weighted by atomic mass is 10.0. The Kier molecular flexibility index (Phi) is 4.71. The normalized spacial score (nSPS) is 14.2. The van der Waals surface area contributed by atoms with E-state index < -0.39 is 17.6 Å². The van der Waals surface area contributed by atoms with Gasteiger partial charge in [-0.3, -0.25) is 14.5 Å². The van der Waals surface area contributed by atoms with Gasteiger partial charge in [-0.05, 0) is 48.7 Å². The van der Waals surface area contributed by atoms with Gasteiger partial charge >= 0.3 is 0 Å². The summed E-state index contributed by atoms with van der Waals surface area (Å²) in [5.41, 5.74) is 3.72. The number of carbonyl (C=O) groups excluding carboxylic acids is 2. The molecule has 0 fully saturated rings. The van der Waals surface area contributed by atoms with Crippen molar-refractivity contribution >= 4 is 23.1 Å². The molecule has 0 aliphatic carbocycles. The van der Waals surface area contributed by atoms with Crippen molar-refractivity contribution < 1.29 is 14.0 Å². The molecule has 0 saturated carbocycles. The quantitative estimate of drug-likeness (QED) is 0.659. The number of benzene rings is 2. The number of halogens is 1. The highest BCUT2D eigenvalue weighted by Gasteiger charge is 2.38. The van der Waals surface area contributed by atoms with Gasteiger partial charge in [-0.1, -0.05) is 30.3 Å². The van der Waals surface area contributed by atoms with Crippen molar-refractivity contribution in [3.63, 3.8) is 0 Å². The maximum absolute atomic E-state index is 13.3. The SMILES string of the molecule is C=CCN1C(=O)C(Nc2cccc(C)c2C)=C(c2ccc(F)cc2)C1=O. The molecule has 1 heterocycles. The van der Waals surface area contributed by atoms with Crippen LogP contribution in [0.5, 0.6) is 0 Å². The van der Waals surface area contributed by atoms with Gasteiger partial charge in [0.25, 0.3) is 11.8 Å². The first-order chi connectivity index (χ1) is 12.4. The first-order valence-electron chi connectivity index (χ1n) is 8.24. The van der Waals surface area contributed by atoms with Crippen LogP contribution in [0.15, 0.2) is 60.8 Å². The Labute approximate surface area is 151 Å². The number of rotatable bonds is 5. The van der Waals surface area contributed by atoms with Gasteiger partial charge < -0.3 is 5.32 Å². The second-order valence-electron chi connectivity index (χ2n) is 6.14. The van der Waals surface area contributed by atoms with Crippen LogP contribution in [0.4, 0.5) is 10.1 Å². The molecule has 0 saturated heterocycles. The summed E-state index contributed by atoms with van der Waals surface area (Å²) in [4.78, 5) is 26.8. The Balaban J connectivity index is 2.12. The van der Waals surface area contributed by atoms with Crippen LogP contribution in [0.1, 0.15) is 16.7 Å². The number of nitrogens with one attached hydrogen (secondary N) is 1. The van der Waals surface area contributed by atoms with E-state index in [1.54, 1.807) is 0 Å². The predicted molar refractivity (Wildman–Crippen MR) is 99.8 cm³/mol. The van der Waals surface area contributed by atoms with Crippen LogP contribution in [0.3, 0.4) is 0 Å². The second-order valence-corrected chi connectivity index (χ2v) is 6.14. The second kappa shape index (κ2) is 6.96. The van der Waals surface area contributed by atoms with Gasteiger partial charge in [0, 0.05) is 12.2 Å². The zero-order valence-corrected chi connectivity index (χ0v) is 14.7. The minimum atomic E-state index is -0.422. The van der Waals surface area contributed by atoms with E-state index in [-0.39, 0.29) is 17.8 Å². The van der Waals surface area contributed by atoms with Crippen LogP contribution < -0.4 is 5.32 Å². The number of carbonyl (C=O) groups is 2. The maximum Gasteiger partial charge on any atom is 0.278 e. The van der Waals surface area contributed by atoms with E-state index in [4.69, 9.17) is 0 Å². The van der Waals surface area contributed by atoms with Crippen molar-refractivity contribution in [1.29, 1.82) is 0 Å². The molecular formula is C21H19FN2O2. The number of nitrogens with zero attached hydrogens (tertiary/aromatic N) is 1. The van der Waals surface area contributed by atoms with E-state index in [0.29, 0.717) is 5.56 Å². The van der Waals surface area contributed by atoms with Crippen molar-refractivity contribution in [1.82, 2.24) is 4.90 Å². The highest BCUT2D eigenvalue weighted by molar-refractivity contribution is 6.36. The summed E-state index contributed by atoms with van der Waals surface area (Å²) in [6.07, 6.45) is 1.50. The fraction of sp³-hybridized carbons (Fsp3) is 0.143. The molecule has 2 aromatic rings. The van der Waals surface area contributed by atoms with Crippen LogP contribution in [0, 0.1) is 19.7 Å². The molecule has 0 bridgehead atoms. The number of hydrogen-bond donors (Lipinski definition) is 1. The summed E-state index contributed by atoms with van der Waals surface area (Å²) in [6, 6.07) is 11.2. The van der Waals surface area contributed by atoms with Gasteiger partial charge in [0.1, 0.15) is 11.5 Å². The zero-order valence-electron chi connectivity index (χ0n) is 14.7. The number of aryl methyl sites for hydroxylation is 1. The van der Waals surface area contributed by atoms with Gasteiger partial charge in [-0.25, -0.2) is 4.39 Å². The summed E-state index contributed by atoms with van der Waals surface area (Å²) >= 11 is 0. The fourth-order valence-corrected chi connectivity index (χ4v) is 2.89. The lowest BCUT2D eigenvalue weighted by molar-refractivity contribution is -0.136. The molecule has 1 N–H and O–H groups in total. The molecule has 3 rings (SSSR count). The molecule has 2 amide bonds. The highest BCUT2D eigenvalue weighted by atomic mass is 19.1. The Morgan fingerprint density at radius 3 is 2.42 bits per heavy atom. The molecule has 0 atom stereocenters. The molecule has 1 aliphatic heterocycles. The lowest BCUT2D eigenvalue weighted by Crippen LogP contribution is -2.32. The summed E-state index contributed by atoms with van der Waals surface area (Å²) in [7, 11) is 0. The third-order valence-corrected chi connectivity index (χ3v) is 4.48. The van der Waals surface area contributed by atoms with E-state index in [0.717, 1.165) is 21.7 Å². The van der Waals surface area contributed by atoms with Gasteiger partial charge in [0.2, 0.25) is 0 Å². The average Bonchev–Trinajstić information content (AvgIpc) is 2.85. The standard InChI is InChI=1S/C21H19FN2O2/c1-4-12-24-20(25)18(15-8-10-16(22)11-9-15)19(21(24)26)23-17-7-5-6-13(2)14(17)3/h4-11,23H,1,12H2,2-3H3. The molecule has 2 aromatic carbocycles. The monoisotopic (exact) mass is 350 g/mol. The van der Waals surface area contributed by atoms with Crippen LogP contribution in [0.25, 0.3) is 5.57 Å². The van der Waals surface area contributed by atoms with E-state index in [2.05, 4.69) is 11.9 Å². The van der Waals surface area contributed by atoms with E-state index in [9.17, 15) is 14.0 Å². The summed E-state index contributed by atoms with van der Waals surface area (Å²) in [5.74, 6) is -1.25. The third-order valence-electron chi connectivity index (χ3n) is 4.48. The molecule has 0 unspecified atom stereocenters. The van der Waals surface area contributed by atoms with Crippen molar-refractivity contribution in [3.05, 3.63) is 83.3 Å². The molecule has 132 valence electrons. The minimum absolute atomic E-state index is 0.111. The van der Waals surface area contributed by atoms with Gasteiger partial charge in [-0.15, -0.1) is 6.58 Å². The third kappa shape index (κ3) is 3.04. The van der Waals surface area contributed by atoms with Crippen LogP contribution in [0.2, 0.25) is 0 Å². The van der Waals surface area contributed by atoms with E-state index in [1.807, 2.05) is 32.0 Å². The number of imide groups is 1. The molecule has 26 heavy (non-hydrogen) atoms. The van der Waals surface area contributed by atoms with Crippen LogP contribution in [-0.4, -0.2) is 23.3 Å². The Bertz CT molecular complexity index is 930. The molecule has 0 spiro atoms. The highest BCUT2D eigenvalue weighted by Crippen LogP contribution is 2.31. The van der Waals surface area contributed by atoms with Gasteiger partial charge in [0.15, 0.2) is 0 Å². The molecule has 5 heteroatoms. The summed E-state index contributed by atoms with van der Waals surface area (Å²) < 4.78 is 13.3. The fourth-order valence-electron chi connectivity index (χ4n) is 2.89. The van der Waals surface area contributed by atoms with Crippen LogP contribution in [-0.2, 0) is 9.59 Å². The summed E-state index contributed by atoms with van der Waals surface area (Å²) in [6.45, 7) is 7.63. The van der Waals surface area contributed by atoms with Crippen molar-refractivity contribution in [2.75, 3.05) is 11.9 Å². The first-order valence-corrected chi connectivity index (χ1v) is 8.24. The van der Waals surface area contributed by atoms with E-state index in [1.165, 1.54) is 30.3 Å². The maximum atomic E-state index is 13.3. The lowest BCUT2D eigenvalue weighted by Gasteiger charge is -2.14. The number of hydrogen-bond acceptors (Lipinski definition) is 3. The minimum Gasteiger partial charge on any atom is -0.350 e. The van der Waals surface area contributed by atoms with Gasteiger partial charge in [-0.2, -0.15) is 0 Å². The Morgan fingerprint density at radius 1 is 1.08 bits per heavy atom. The molecule has 4 nitrogen and oxygen atoms in total. The molecule has 0 radical (unpaired) electrons. The average molecular weight is 350 g/mol. The largest absolute Gasteiger partial charge is 0.350 e. The van der Waals surface area contributed by atoms with E-state index >= 15 is 0 Å². The number of anilines is 1. The number of amides is 2. The predicted octanol–water partition coefficient (Wildman–Crippen LogP) is 3.82. The van der Waals surface area contributed by atoms with Crippen molar-refractivity contribution in [2.45, 2.75) is 13.8 Å². The topological polar surface area (TPSA) is 49.4 Å².